The summed E-state index contributed by atoms with van der Waals surface area (Å²) in [7, 11) is 0. The molecular formula is C48H36N2. The van der Waals surface area contributed by atoms with Crippen molar-refractivity contribution in [2.24, 2.45) is 0 Å². The van der Waals surface area contributed by atoms with Gasteiger partial charge in [0.1, 0.15) is 0 Å². The van der Waals surface area contributed by atoms with Crippen molar-refractivity contribution in [1.82, 2.24) is 0 Å². The van der Waals surface area contributed by atoms with Crippen LogP contribution in [0.2, 0.25) is 0 Å². The zero-order valence-electron chi connectivity index (χ0n) is 38.8. The van der Waals surface area contributed by atoms with Crippen LogP contribution in [0.1, 0.15) is 16.4 Å². The van der Waals surface area contributed by atoms with Gasteiger partial charge in [0.2, 0.25) is 0 Å². The Bertz CT molecular complexity index is 2860. The summed E-state index contributed by atoms with van der Waals surface area (Å²) >= 11 is 0. The molecule has 0 amide bonds. The van der Waals surface area contributed by atoms with E-state index in [-0.39, 0.29) is 11.4 Å². The highest BCUT2D eigenvalue weighted by atomic mass is 15.1. The van der Waals surface area contributed by atoms with Crippen LogP contribution in [0.4, 0.5) is 34.1 Å². The number of hydrogen-bond donors (Lipinski definition) is 0. The predicted molar refractivity (Wildman–Crippen MR) is 212 cm³/mol. The average Bonchev–Trinajstić information content (AvgIpc) is 3.30. The summed E-state index contributed by atoms with van der Waals surface area (Å²) in [6, 6.07) is 36.3. The number of nitrogens with zero attached hydrogens (tertiary/aromatic N) is 2. The van der Waals surface area contributed by atoms with Crippen molar-refractivity contribution in [3.8, 4) is 33.4 Å². The van der Waals surface area contributed by atoms with Crippen molar-refractivity contribution in [3.05, 3.63) is 218 Å². The molecule has 8 aromatic rings. The number of para-hydroxylation sites is 4. The third-order valence-electron chi connectivity index (χ3n) is 8.07. The van der Waals surface area contributed by atoms with Gasteiger partial charge < -0.3 is 9.80 Å². The standard InChI is InChI=1S/C48H36N2/c1-5-15-41(16-6-1)47-23-13-14-24-48(47)50(44-21-11-4-12-22-44)46-35-31-40(32-36-46)38-27-25-37(26-28-38)39-29-33-45(34-30-39)49(42-17-7-2-8-18-42)43-19-9-3-10-20-43/h1-36H/i25D,26D,27D,28D,29D,30D,31D,32D,33D,34D,35D,36D. The van der Waals surface area contributed by atoms with Gasteiger partial charge in [0.05, 0.1) is 22.1 Å². The summed E-state index contributed by atoms with van der Waals surface area (Å²) in [6.45, 7) is 0. The molecule has 0 atom stereocenters. The van der Waals surface area contributed by atoms with Crippen molar-refractivity contribution in [1.29, 1.82) is 0 Å². The molecule has 0 unspecified atom stereocenters. The highest BCUT2D eigenvalue weighted by molar-refractivity contribution is 5.88. The van der Waals surface area contributed by atoms with Gasteiger partial charge in [-0.15, -0.1) is 0 Å². The van der Waals surface area contributed by atoms with E-state index in [0.29, 0.717) is 22.7 Å². The van der Waals surface area contributed by atoms with Crippen molar-refractivity contribution >= 4 is 34.1 Å². The van der Waals surface area contributed by atoms with Gasteiger partial charge in [-0.25, -0.2) is 0 Å². The van der Waals surface area contributed by atoms with Crippen LogP contribution in [-0.4, -0.2) is 0 Å². The molecule has 2 heteroatoms. The first-order valence-corrected chi connectivity index (χ1v) is 16.1. The van der Waals surface area contributed by atoms with Crippen molar-refractivity contribution in [3.63, 3.8) is 0 Å². The van der Waals surface area contributed by atoms with Crippen LogP contribution in [0.5, 0.6) is 0 Å². The predicted octanol–water partition coefficient (Wildman–Crippen LogP) is 13.6. The fourth-order valence-electron chi connectivity index (χ4n) is 5.71. The molecule has 0 heterocycles. The highest BCUT2D eigenvalue weighted by Crippen LogP contribution is 2.41. The minimum absolute atomic E-state index is 0.0901. The number of hydrogen-bond acceptors (Lipinski definition) is 2. The number of anilines is 6. The fourth-order valence-corrected chi connectivity index (χ4v) is 5.71. The lowest BCUT2D eigenvalue weighted by Crippen LogP contribution is -2.11. The lowest BCUT2D eigenvalue weighted by Gasteiger charge is -2.28. The first-order valence-electron chi connectivity index (χ1n) is 22.1. The van der Waals surface area contributed by atoms with E-state index >= 15 is 0 Å². The Balaban J connectivity index is 1.32. The minimum atomic E-state index is -0.736. The first-order chi connectivity index (χ1) is 29.8. The van der Waals surface area contributed by atoms with Gasteiger partial charge in [0.25, 0.3) is 0 Å². The van der Waals surface area contributed by atoms with E-state index in [0.717, 1.165) is 11.1 Å². The third-order valence-corrected chi connectivity index (χ3v) is 8.07. The summed E-state index contributed by atoms with van der Waals surface area (Å²) in [6.07, 6.45) is 0. The van der Waals surface area contributed by atoms with Gasteiger partial charge >= 0.3 is 0 Å². The molecule has 8 rings (SSSR count). The maximum absolute atomic E-state index is 9.39. The van der Waals surface area contributed by atoms with Crippen LogP contribution in [0.15, 0.2) is 218 Å². The van der Waals surface area contributed by atoms with E-state index in [9.17, 15) is 13.7 Å². The molecular weight excluding hydrogens is 605 g/mol. The van der Waals surface area contributed by atoms with Crippen LogP contribution in [0.3, 0.4) is 0 Å². The molecule has 0 aromatic heterocycles. The Morgan fingerprint density at radius 1 is 0.260 bits per heavy atom. The topological polar surface area (TPSA) is 6.48 Å². The summed E-state index contributed by atoms with van der Waals surface area (Å²) in [5, 5.41) is 0. The van der Waals surface area contributed by atoms with E-state index in [1.165, 1.54) is 0 Å². The fraction of sp³-hybridized carbons (Fsp3) is 0. The Morgan fingerprint density at radius 2 is 0.580 bits per heavy atom. The SMILES string of the molecule is [2H]c1c([2H])c(-c2c([2H])c([2H])c(N(c3ccccc3)c3ccccc3-c3ccccc3)c([2H])c2[2H])c([2H])c([2H])c1-c1c([2H])c([2H])c(N(c2ccccc2)c2ccccc2)c([2H])c1[2H]. The lowest BCUT2D eigenvalue weighted by molar-refractivity contribution is 1.28. The molecule has 0 saturated heterocycles. The molecule has 0 aliphatic rings. The quantitative estimate of drug-likeness (QED) is 0.153. The molecule has 0 saturated carbocycles. The molecule has 8 aromatic carbocycles. The van der Waals surface area contributed by atoms with Crippen LogP contribution >= 0.6 is 0 Å². The molecule has 0 fully saturated rings. The van der Waals surface area contributed by atoms with Gasteiger partial charge in [0, 0.05) is 34.0 Å². The number of rotatable bonds is 9. The molecule has 238 valence electrons. The van der Waals surface area contributed by atoms with Gasteiger partial charge in [-0.2, -0.15) is 0 Å². The van der Waals surface area contributed by atoms with E-state index in [1.54, 1.807) is 94.7 Å². The normalized spacial score (nSPS) is 14.2. The summed E-state index contributed by atoms with van der Waals surface area (Å²) in [5.74, 6) is 0. The largest absolute Gasteiger partial charge is 0.311 e. The van der Waals surface area contributed by atoms with Gasteiger partial charge in [0.15, 0.2) is 0 Å². The zero-order chi connectivity index (χ0) is 44.0. The van der Waals surface area contributed by atoms with E-state index in [2.05, 4.69) is 0 Å². The Kier molecular flexibility index (Phi) is 5.69. The van der Waals surface area contributed by atoms with Crippen molar-refractivity contribution in [2.75, 3.05) is 9.80 Å². The third kappa shape index (κ3) is 6.43. The van der Waals surface area contributed by atoms with Gasteiger partial charge in [-0.1, -0.05) is 151 Å². The zero-order valence-corrected chi connectivity index (χ0v) is 26.8. The summed E-state index contributed by atoms with van der Waals surface area (Å²) < 4.78 is 111. The van der Waals surface area contributed by atoms with Gasteiger partial charge in [-0.05, 0) is 94.5 Å². The molecule has 50 heavy (non-hydrogen) atoms. The molecule has 0 spiro atoms. The van der Waals surface area contributed by atoms with Crippen LogP contribution in [0, 0.1) is 0 Å². The Hall–Kier alpha value is -6.64. The minimum Gasteiger partial charge on any atom is -0.311 e. The molecule has 0 aliphatic carbocycles. The second-order valence-electron chi connectivity index (χ2n) is 11.3. The number of benzene rings is 8. The molecule has 0 aliphatic heterocycles. The van der Waals surface area contributed by atoms with E-state index in [1.807, 2.05) is 60.7 Å². The van der Waals surface area contributed by atoms with E-state index < -0.39 is 94.8 Å². The molecule has 0 N–H and O–H groups in total. The second kappa shape index (κ2) is 14.2. The van der Waals surface area contributed by atoms with Crippen LogP contribution < -0.4 is 9.80 Å². The Morgan fingerprint density at radius 3 is 1.02 bits per heavy atom. The Labute approximate surface area is 311 Å². The van der Waals surface area contributed by atoms with E-state index in [4.69, 9.17) is 2.74 Å². The first kappa shape index (κ1) is 20.0. The maximum atomic E-state index is 9.39. The highest BCUT2D eigenvalue weighted by Gasteiger charge is 2.17. The smallest absolute Gasteiger partial charge is 0.0645 e. The van der Waals surface area contributed by atoms with Crippen LogP contribution in [0.25, 0.3) is 33.4 Å². The second-order valence-corrected chi connectivity index (χ2v) is 11.3. The molecule has 0 bridgehead atoms. The lowest BCUT2D eigenvalue weighted by atomic mass is 9.99. The summed E-state index contributed by atoms with van der Waals surface area (Å²) in [5.41, 5.74) is 1.69. The van der Waals surface area contributed by atoms with Gasteiger partial charge in [-0.3, -0.25) is 0 Å². The monoisotopic (exact) mass is 652 g/mol. The summed E-state index contributed by atoms with van der Waals surface area (Å²) in [4.78, 5) is 3.21. The molecule has 2 nitrogen and oxygen atoms in total. The van der Waals surface area contributed by atoms with Crippen molar-refractivity contribution in [2.45, 2.75) is 0 Å². The maximum Gasteiger partial charge on any atom is 0.0645 e. The average molecular weight is 653 g/mol. The van der Waals surface area contributed by atoms with Crippen LogP contribution in [-0.2, 0) is 0 Å². The molecule has 0 radical (unpaired) electrons. The van der Waals surface area contributed by atoms with Crippen molar-refractivity contribution < 1.29 is 16.4 Å².